The van der Waals surface area contributed by atoms with E-state index in [1.165, 1.54) is 11.1 Å². The van der Waals surface area contributed by atoms with Crippen LogP contribution in [0.25, 0.3) is 0 Å². The van der Waals surface area contributed by atoms with Gasteiger partial charge in [-0.2, -0.15) is 0 Å². The van der Waals surface area contributed by atoms with Crippen molar-refractivity contribution >= 4 is 11.4 Å². The first kappa shape index (κ1) is 11.6. The number of fused-ring (bicyclic) bond motifs is 2. The number of anilines is 2. The lowest BCUT2D eigenvalue weighted by Gasteiger charge is -2.09. The summed E-state index contributed by atoms with van der Waals surface area (Å²) < 4.78 is 10.7. The lowest BCUT2D eigenvalue weighted by molar-refractivity contribution is 0.174. The van der Waals surface area contributed by atoms with Gasteiger partial charge in [0, 0.05) is 30.5 Å². The van der Waals surface area contributed by atoms with Crippen LogP contribution in [0.15, 0.2) is 36.4 Å². The molecular formula is C16H16N2O2. The van der Waals surface area contributed by atoms with E-state index in [0.29, 0.717) is 6.79 Å². The van der Waals surface area contributed by atoms with Crippen molar-refractivity contribution in [2.45, 2.75) is 13.1 Å². The molecule has 2 aromatic carbocycles. The molecule has 0 unspecified atom stereocenters. The van der Waals surface area contributed by atoms with E-state index in [2.05, 4.69) is 35.5 Å². The zero-order valence-corrected chi connectivity index (χ0v) is 11.3. The largest absolute Gasteiger partial charge is 0.454 e. The van der Waals surface area contributed by atoms with Crippen molar-refractivity contribution in [3.63, 3.8) is 0 Å². The predicted molar refractivity (Wildman–Crippen MR) is 77.5 cm³/mol. The van der Waals surface area contributed by atoms with E-state index < -0.39 is 0 Å². The highest BCUT2D eigenvalue weighted by Crippen LogP contribution is 2.35. The minimum atomic E-state index is 0.309. The van der Waals surface area contributed by atoms with Crippen LogP contribution in [-0.4, -0.2) is 18.7 Å². The first-order chi connectivity index (χ1) is 9.78. The number of ether oxygens (including phenoxy) is 2. The second-order valence-corrected chi connectivity index (χ2v) is 5.35. The van der Waals surface area contributed by atoms with E-state index in [4.69, 9.17) is 9.47 Å². The zero-order valence-electron chi connectivity index (χ0n) is 11.3. The Hall–Kier alpha value is -2.20. The van der Waals surface area contributed by atoms with Crippen molar-refractivity contribution in [1.29, 1.82) is 0 Å². The summed E-state index contributed by atoms with van der Waals surface area (Å²) in [5.41, 5.74) is 4.94. The topological polar surface area (TPSA) is 33.7 Å². The van der Waals surface area contributed by atoms with Gasteiger partial charge in [0.2, 0.25) is 6.79 Å². The summed E-state index contributed by atoms with van der Waals surface area (Å²) in [4.78, 5) is 2.31. The van der Waals surface area contributed by atoms with Crippen molar-refractivity contribution in [2.75, 3.05) is 19.2 Å². The molecule has 0 radical (unpaired) electrons. The maximum Gasteiger partial charge on any atom is 0.231 e. The highest BCUT2D eigenvalue weighted by Gasteiger charge is 2.16. The summed E-state index contributed by atoms with van der Waals surface area (Å²) in [5.74, 6) is 1.61. The summed E-state index contributed by atoms with van der Waals surface area (Å²) in [7, 11) is 2.14. The Morgan fingerprint density at radius 3 is 2.60 bits per heavy atom. The van der Waals surface area contributed by atoms with Crippen molar-refractivity contribution in [1.82, 2.24) is 4.90 Å². The molecule has 1 N–H and O–H groups in total. The second-order valence-electron chi connectivity index (χ2n) is 5.35. The van der Waals surface area contributed by atoms with Gasteiger partial charge in [0.05, 0.1) is 0 Å². The molecule has 0 spiro atoms. The van der Waals surface area contributed by atoms with Crippen molar-refractivity contribution < 1.29 is 9.47 Å². The van der Waals surface area contributed by atoms with Crippen LogP contribution in [0.2, 0.25) is 0 Å². The molecule has 4 nitrogen and oxygen atoms in total. The minimum absolute atomic E-state index is 0.309. The van der Waals surface area contributed by atoms with E-state index in [1.54, 1.807) is 0 Å². The molecule has 2 aliphatic rings. The third-order valence-electron chi connectivity index (χ3n) is 3.75. The first-order valence-electron chi connectivity index (χ1n) is 6.75. The van der Waals surface area contributed by atoms with E-state index in [1.807, 2.05) is 18.2 Å². The molecule has 0 fully saturated rings. The van der Waals surface area contributed by atoms with Crippen LogP contribution in [0.5, 0.6) is 11.5 Å². The number of hydrogen-bond donors (Lipinski definition) is 1. The van der Waals surface area contributed by atoms with Crippen molar-refractivity contribution in [2.24, 2.45) is 0 Å². The van der Waals surface area contributed by atoms with Gasteiger partial charge in [0.25, 0.3) is 0 Å². The van der Waals surface area contributed by atoms with Crippen LogP contribution < -0.4 is 14.8 Å². The van der Waals surface area contributed by atoms with Gasteiger partial charge in [0.1, 0.15) is 0 Å². The van der Waals surface area contributed by atoms with Crippen LogP contribution in [0.4, 0.5) is 11.4 Å². The summed E-state index contributed by atoms with van der Waals surface area (Å²) >= 11 is 0. The van der Waals surface area contributed by atoms with Gasteiger partial charge < -0.3 is 14.8 Å². The lowest BCUT2D eigenvalue weighted by Crippen LogP contribution is -2.07. The molecule has 0 bridgehead atoms. The monoisotopic (exact) mass is 268 g/mol. The molecule has 0 amide bonds. The summed E-state index contributed by atoms with van der Waals surface area (Å²) in [6, 6.07) is 12.5. The molecule has 4 rings (SSSR count). The Balaban J connectivity index is 1.59. The minimum Gasteiger partial charge on any atom is -0.454 e. The predicted octanol–water partition coefficient (Wildman–Crippen LogP) is 3.10. The molecule has 0 aromatic heterocycles. The van der Waals surface area contributed by atoms with Gasteiger partial charge in [-0.05, 0) is 42.4 Å². The highest BCUT2D eigenvalue weighted by molar-refractivity contribution is 5.65. The fraction of sp³-hybridized carbons (Fsp3) is 0.250. The van der Waals surface area contributed by atoms with Gasteiger partial charge in [-0.15, -0.1) is 0 Å². The average molecular weight is 268 g/mol. The summed E-state index contributed by atoms with van der Waals surface area (Å²) in [5, 5.41) is 3.42. The molecular weight excluding hydrogens is 252 g/mol. The Morgan fingerprint density at radius 1 is 0.900 bits per heavy atom. The third kappa shape index (κ3) is 1.98. The Bertz CT molecular complexity index is 670. The van der Waals surface area contributed by atoms with Crippen LogP contribution in [0, 0.1) is 0 Å². The fourth-order valence-electron chi connectivity index (χ4n) is 2.78. The van der Waals surface area contributed by atoms with Gasteiger partial charge in [-0.25, -0.2) is 0 Å². The lowest BCUT2D eigenvalue weighted by atomic mass is 10.1. The fourth-order valence-corrected chi connectivity index (χ4v) is 2.78. The van der Waals surface area contributed by atoms with E-state index >= 15 is 0 Å². The quantitative estimate of drug-likeness (QED) is 0.907. The normalized spacial score (nSPS) is 16.2. The van der Waals surface area contributed by atoms with Gasteiger partial charge in [-0.1, -0.05) is 6.07 Å². The molecule has 20 heavy (non-hydrogen) atoms. The number of benzene rings is 2. The standard InChI is InChI=1S/C16H16N2O2/c1-18-8-11-2-3-13(6-12(11)9-18)17-14-4-5-15-16(7-14)20-10-19-15/h2-7,17H,8-10H2,1H3. The van der Waals surface area contributed by atoms with Crippen molar-refractivity contribution in [3.05, 3.63) is 47.5 Å². The highest BCUT2D eigenvalue weighted by atomic mass is 16.7. The molecule has 0 saturated carbocycles. The molecule has 2 heterocycles. The molecule has 4 heteroatoms. The maximum atomic E-state index is 5.40. The Morgan fingerprint density at radius 2 is 1.65 bits per heavy atom. The first-order valence-corrected chi connectivity index (χ1v) is 6.75. The number of hydrogen-bond acceptors (Lipinski definition) is 4. The van der Waals surface area contributed by atoms with Gasteiger partial charge in [-0.3, -0.25) is 4.90 Å². The third-order valence-corrected chi connectivity index (χ3v) is 3.75. The van der Waals surface area contributed by atoms with Gasteiger partial charge >= 0.3 is 0 Å². The summed E-state index contributed by atoms with van der Waals surface area (Å²) in [6.45, 7) is 2.37. The maximum absolute atomic E-state index is 5.40. The Kier molecular flexibility index (Phi) is 2.57. The van der Waals surface area contributed by atoms with E-state index in [9.17, 15) is 0 Å². The second kappa shape index (κ2) is 4.42. The van der Waals surface area contributed by atoms with Crippen LogP contribution in [-0.2, 0) is 13.1 Å². The smallest absolute Gasteiger partial charge is 0.231 e. The molecule has 102 valence electrons. The summed E-state index contributed by atoms with van der Waals surface area (Å²) in [6.07, 6.45) is 0. The number of nitrogens with zero attached hydrogens (tertiary/aromatic N) is 1. The van der Waals surface area contributed by atoms with Crippen LogP contribution in [0.3, 0.4) is 0 Å². The van der Waals surface area contributed by atoms with E-state index in [-0.39, 0.29) is 0 Å². The van der Waals surface area contributed by atoms with Crippen molar-refractivity contribution in [3.8, 4) is 11.5 Å². The molecule has 0 atom stereocenters. The molecule has 0 saturated heterocycles. The van der Waals surface area contributed by atoms with Crippen LogP contribution in [0.1, 0.15) is 11.1 Å². The SMILES string of the molecule is CN1Cc2ccc(Nc3ccc4c(c3)OCO4)cc2C1. The number of rotatable bonds is 2. The van der Waals surface area contributed by atoms with Gasteiger partial charge in [0.15, 0.2) is 11.5 Å². The number of nitrogens with one attached hydrogen (secondary N) is 1. The molecule has 2 aromatic rings. The Labute approximate surface area is 117 Å². The van der Waals surface area contributed by atoms with Crippen LogP contribution >= 0.6 is 0 Å². The molecule has 2 aliphatic heterocycles. The van der Waals surface area contributed by atoms with E-state index in [0.717, 1.165) is 36.0 Å². The molecule has 0 aliphatic carbocycles. The zero-order chi connectivity index (χ0) is 13.5. The average Bonchev–Trinajstić information content (AvgIpc) is 3.02.